The van der Waals surface area contributed by atoms with Gasteiger partial charge in [0, 0.05) is 39.1 Å². The number of hydrogen-bond donors (Lipinski definition) is 1. The fourth-order valence-electron chi connectivity index (χ4n) is 2.98. The summed E-state index contributed by atoms with van der Waals surface area (Å²) < 4.78 is 5.27. The number of morpholine rings is 1. The van der Waals surface area contributed by atoms with Crippen LogP contribution < -0.4 is 5.32 Å². The largest absolute Gasteiger partial charge is 0.379 e. The van der Waals surface area contributed by atoms with Crippen molar-refractivity contribution in [3.63, 3.8) is 0 Å². The van der Waals surface area contributed by atoms with Crippen LogP contribution in [0, 0.1) is 0 Å². The average molecular weight is 366 g/mol. The molecule has 8 heteroatoms. The predicted octanol–water partition coefficient (Wildman–Crippen LogP) is 0.774. The Labute approximate surface area is 150 Å². The molecule has 1 N–H and O–H groups in total. The van der Waals surface area contributed by atoms with Crippen LogP contribution in [0.15, 0.2) is 18.2 Å². The lowest BCUT2D eigenvalue weighted by atomic mass is 10.1. The maximum Gasteiger partial charge on any atom is 0.263 e. The van der Waals surface area contributed by atoms with Crippen molar-refractivity contribution in [2.75, 3.05) is 45.9 Å². The van der Waals surface area contributed by atoms with E-state index < -0.39 is 11.8 Å². The Kier molecular flexibility index (Phi) is 5.67. The van der Waals surface area contributed by atoms with Gasteiger partial charge in [-0.1, -0.05) is 17.7 Å². The monoisotopic (exact) mass is 365 g/mol. The zero-order valence-electron chi connectivity index (χ0n) is 13.8. The van der Waals surface area contributed by atoms with E-state index in [0.717, 1.165) is 37.7 Å². The first kappa shape index (κ1) is 17.8. The van der Waals surface area contributed by atoms with Gasteiger partial charge >= 0.3 is 0 Å². The molecule has 1 aromatic carbocycles. The van der Waals surface area contributed by atoms with E-state index in [1.807, 2.05) is 0 Å². The molecule has 0 aromatic heterocycles. The number of halogens is 1. The molecule has 1 saturated heterocycles. The Morgan fingerprint density at radius 1 is 1.16 bits per heavy atom. The van der Waals surface area contributed by atoms with Crippen LogP contribution in [0.1, 0.15) is 27.1 Å². The van der Waals surface area contributed by atoms with Crippen LogP contribution in [-0.2, 0) is 9.53 Å². The summed E-state index contributed by atoms with van der Waals surface area (Å²) in [6.45, 7) is 4.51. The second-order valence-corrected chi connectivity index (χ2v) is 6.39. The number of nitrogens with one attached hydrogen (secondary N) is 1. The number of carbonyl (C=O) groups is 3. The van der Waals surface area contributed by atoms with Crippen molar-refractivity contribution in [3.05, 3.63) is 34.3 Å². The minimum absolute atomic E-state index is 0.0477. The van der Waals surface area contributed by atoms with Gasteiger partial charge in [0.1, 0.15) is 0 Å². The summed E-state index contributed by atoms with van der Waals surface area (Å²) in [5, 5.41) is 3.08. The Bertz CT molecular complexity index is 688. The summed E-state index contributed by atoms with van der Waals surface area (Å²) >= 11 is 6.01. The fraction of sp³-hybridized carbons (Fsp3) is 0.471. The average Bonchev–Trinajstić information content (AvgIpc) is 2.86. The highest BCUT2D eigenvalue weighted by Crippen LogP contribution is 2.28. The Morgan fingerprint density at radius 3 is 2.64 bits per heavy atom. The third-order valence-electron chi connectivity index (χ3n) is 4.36. The number of carbonyl (C=O) groups excluding carboxylic acids is 3. The Balaban J connectivity index is 1.45. The van der Waals surface area contributed by atoms with Crippen molar-refractivity contribution in [1.82, 2.24) is 15.1 Å². The standard InChI is InChI=1S/C17H20ClN3O4/c18-13-3-1-2-12-15(13)17(24)21(16(12)23)6-4-14(22)19-5-7-20-8-10-25-11-9-20/h1-3H,4-11H2,(H,19,22). The molecule has 0 bridgehead atoms. The van der Waals surface area contributed by atoms with E-state index in [1.54, 1.807) is 18.2 Å². The molecule has 0 spiro atoms. The lowest BCUT2D eigenvalue weighted by molar-refractivity contribution is -0.121. The first-order valence-corrected chi connectivity index (χ1v) is 8.67. The normalized spacial score (nSPS) is 17.7. The lowest BCUT2D eigenvalue weighted by Gasteiger charge is -2.26. The topological polar surface area (TPSA) is 79.0 Å². The van der Waals surface area contributed by atoms with Crippen LogP contribution in [0.5, 0.6) is 0 Å². The van der Waals surface area contributed by atoms with Crippen molar-refractivity contribution >= 4 is 29.3 Å². The maximum atomic E-state index is 12.3. The Morgan fingerprint density at radius 2 is 1.92 bits per heavy atom. The second-order valence-electron chi connectivity index (χ2n) is 5.98. The second kappa shape index (κ2) is 7.95. The number of rotatable bonds is 6. The highest BCUT2D eigenvalue weighted by molar-refractivity contribution is 6.37. The first-order valence-electron chi connectivity index (χ1n) is 8.29. The van der Waals surface area contributed by atoms with Gasteiger partial charge in [-0.25, -0.2) is 0 Å². The highest BCUT2D eigenvalue weighted by atomic mass is 35.5. The zero-order chi connectivity index (χ0) is 17.8. The quantitative estimate of drug-likeness (QED) is 0.753. The molecule has 3 amide bonds. The SMILES string of the molecule is O=C(CCN1C(=O)c2cccc(Cl)c2C1=O)NCCN1CCOCC1. The van der Waals surface area contributed by atoms with E-state index in [1.165, 1.54) is 0 Å². The smallest absolute Gasteiger partial charge is 0.263 e. The molecule has 0 saturated carbocycles. The minimum Gasteiger partial charge on any atom is -0.379 e. The number of ether oxygens (including phenoxy) is 1. The van der Waals surface area contributed by atoms with E-state index in [0.29, 0.717) is 12.1 Å². The summed E-state index contributed by atoms with van der Waals surface area (Å²) in [7, 11) is 0. The summed E-state index contributed by atoms with van der Waals surface area (Å²) in [4.78, 5) is 39.9. The summed E-state index contributed by atoms with van der Waals surface area (Å²) in [6, 6.07) is 4.78. The summed E-state index contributed by atoms with van der Waals surface area (Å²) in [6.07, 6.45) is 0.0756. The van der Waals surface area contributed by atoms with Gasteiger partial charge < -0.3 is 10.1 Å². The van der Waals surface area contributed by atoms with Crippen LogP contribution in [-0.4, -0.2) is 73.5 Å². The van der Waals surface area contributed by atoms with Gasteiger partial charge in [0.05, 0.1) is 29.4 Å². The molecule has 1 aromatic rings. The third-order valence-corrected chi connectivity index (χ3v) is 4.68. The van der Waals surface area contributed by atoms with Crippen LogP contribution in [0.25, 0.3) is 0 Å². The zero-order valence-corrected chi connectivity index (χ0v) is 14.6. The van der Waals surface area contributed by atoms with Crippen molar-refractivity contribution in [2.24, 2.45) is 0 Å². The van der Waals surface area contributed by atoms with E-state index in [9.17, 15) is 14.4 Å². The van der Waals surface area contributed by atoms with Crippen molar-refractivity contribution in [2.45, 2.75) is 6.42 Å². The van der Waals surface area contributed by atoms with Crippen LogP contribution >= 0.6 is 11.6 Å². The molecule has 2 aliphatic heterocycles. The van der Waals surface area contributed by atoms with Crippen LogP contribution in [0.4, 0.5) is 0 Å². The van der Waals surface area contributed by atoms with Crippen molar-refractivity contribution in [3.8, 4) is 0 Å². The number of amides is 3. The van der Waals surface area contributed by atoms with E-state index in [-0.39, 0.29) is 29.5 Å². The van der Waals surface area contributed by atoms with Gasteiger partial charge in [-0.05, 0) is 12.1 Å². The highest BCUT2D eigenvalue weighted by Gasteiger charge is 2.36. The van der Waals surface area contributed by atoms with E-state index >= 15 is 0 Å². The van der Waals surface area contributed by atoms with Crippen LogP contribution in [0.2, 0.25) is 5.02 Å². The number of benzene rings is 1. The van der Waals surface area contributed by atoms with Crippen LogP contribution in [0.3, 0.4) is 0 Å². The molecule has 1 fully saturated rings. The molecule has 3 rings (SSSR count). The van der Waals surface area contributed by atoms with Gasteiger partial charge in [-0.3, -0.25) is 24.2 Å². The number of nitrogens with zero attached hydrogens (tertiary/aromatic N) is 2. The summed E-state index contributed by atoms with van der Waals surface area (Å²) in [5.41, 5.74) is 0.520. The first-order chi connectivity index (χ1) is 12.1. The molecular weight excluding hydrogens is 346 g/mol. The molecule has 0 unspecified atom stereocenters. The van der Waals surface area contributed by atoms with E-state index in [2.05, 4.69) is 10.2 Å². The predicted molar refractivity (Wildman–Crippen MR) is 91.7 cm³/mol. The maximum absolute atomic E-state index is 12.3. The van der Waals surface area contributed by atoms with Gasteiger partial charge in [0.25, 0.3) is 11.8 Å². The van der Waals surface area contributed by atoms with Crippen molar-refractivity contribution in [1.29, 1.82) is 0 Å². The molecule has 2 aliphatic rings. The van der Waals surface area contributed by atoms with E-state index in [4.69, 9.17) is 16.3 Å². The molecule has 0 radical (unpaired) electrons. The lowest BCUT2D eigenvalue weighted by Crippen LogP contribution is -2.42. The molecule has 2 heterocycles. The summed E-state index contributed by atoms with van der Waals surface area (Å²) in [5.74, 6) is -1.02. The number of imide groups is 1. The Hall–Kier alpha value is -1.96. The van der Waals surface area contributed by atoms with Gasteiger partial charge in [-0.15, -0.1) is 0 Å². The molecule has 25 heavy (non-hydrogen) atoms. The van der Waals surface area contributed by atoms with Gasteiger partial charge in [0.15, 0.2) is 0 Å². The number of hydrogen-bond acceptors (Lipinski definition) is 5. The number of fused-ring (bicyclic) bond motifs is 1. The third kappa shape index (κ3) is 4.00. The van der Waals surface area contributed by atoms with Crippen molar-refractivity contribution < 1.29 is 19.1 Å². The minimum atomic E-state index is -0.438. The van der Waals surface area contributed by atoms with Gasteiger partial charge in [0.2, 0.25) is 5.91 Å². The molecule has 0 atom stereocenters. The molecule has 134 valence electrons. The molecular formula is C17H20ClN3O4. The molecule has 7 nitrogen and oxygen atoms in total. The van der Waals surface area contributed by atoms with Gasteiger partial charge in [-0.2, -0.15) is 0 Å². The molecule has 0 aliphatic carbocycles. The fourth-order valence-corrected chi connectivity index (χ4v) is 3.23.